The van der Waals surface area contributed by atoms with E-state index >= 15 is 0 Å². The Labute approximate surface area is 164 Å². The van der Waals surface area contributed by atoms with Crippen LogP contribution in [0.1, 0.15) is 30.2 Å². The molecule has 0 spiro atoms. The van der Waals surface area contributed by atoms with Crippen LogP contribution in [0.4, 0.5) is 5.13 Å². The number of carbonyl (C=O) groups excluding carboxylic acids is 1. The summed E-state index contributed by atoms with van der Waals surface area (Å²) in [6.45, 7) is 4.71. The van der Waals surface area contributed by atoms with Crippen molar-refractivity contribution in [2.24, 2.45) is 5.92 Å². The van der Waals surface area contributed by atoms with Crippen LogP contribution in [0.2, 0.25) is 0 Å². The predicted molar refractivity (Wildman–Crippen MR) is 112 cm³/mol. The molecule has 1 fully saturated rings. The van der Waals surface area contributed by atoms with E-state index in [1.54, 1.807) is 11.3 Å². The molecule has 140 valence electrons. The number of amides is 1. The summed E-state index contributed by atoms with van der Waals surface area (Å²) in [7, 11) is 0. The van der Waals surface area contributed by atoms with Crippen molar-refractivity contribution in [3.05, 3.63) is 59.1 Å². The highest BCUT2D eigenvalue weighted by Gasteiger charge is 2.20. The molecule has 0 saturated carbocycles. The molecule has 4 rings (SSSR count). The van der Waals surface area contributed by atoms with E-state index in [1.165, 1.54) is 47.4 Å². The first kappa shape index (κ1) is 18.1. The Kier molecular flexibility index (Phi) is 5.50. The second kappa shape index (κ2) is 8.19. The fraction of sp³-hybridized carbons (Fsp3) is 0.364. The van der Waals surface area contributed by atoms with Crippen LogP contribution in [0.3, 0.4) is 0 Å². The minimum Gasteiger partial charge on any atom is -0.302 e. The molecule has 0 atom stereocenters. The van der Waals surface area contributed by atoms with Gasteiger partial charge in [0.15, 0.2) is 5.13 Å². The molecule has 27 heavy (non-hydrogen) atoms. The predicted octanol–water partition coefficient (Wildman–Crippen LogP) is 4.71. The zero-order chi connectivity index (χ0) is 18.6. The molecule has 1 saturated heterocycles. The van der Waals surface area contributed by atoms with Crippen LogP contribution in [0, 0.1) is 5.92 Å². The van der Waals surface area contributed by atoms with Crippen molar-refractivity contribution in [3.8, 4) is 0 Å². The number of nitrogens with one attached hydrogen (secondary N) is 1. The number of aromatic nitrogens is 1. The Balaban J connectivity index is 1.29. The molecule has 1 N–H and O–H groups in total. The third-order valence-corrected chi connectivity index (χ3v) is 6.16. The van der Waals surface area contributed by atoms with Gasteiger partial charge in [-0.1, -0.05) is 42.5 Å². The van der Waals surface area contributed by atoms with Gasteiger partial charge in [0.2, 0.25) is 5.91 Å². The maximum Gasteiger partial charge on any atom is 0.223 e. The molecule has 0 radical (unpaired) electrons. The number of thiazole rings is 1. The van der Waals surface area contributed by atoms with Crippen LogP contribution in [-0.2, 0) is 17.8 Å². The van der Waals surface area contributed by atoms with Crippen molar-refractivity contribution in [1.29, 1.82) is 0 Å². The zero-order valence-electron chi connectivity index (χ0n) is 15.6. The van der Waals surface area contributed by atoms with Crippen molar-refractivity contribution >= 4 is 33.1 Å². The lowest BCUT2D eigenvalue weighted by Crippen LogP contribution is -2.33. The van der Waals surface area contributed by atoms with Gasteiger partial charge in [0.05, 0.1) is 0 Å². The molecule has 1 aliphatic heterocycles. The van der Waals surface area contributed by atoms with Gasteiger partial charge in [-0.15, -0.1) is 11.3 Å². The second-order valence-corrected chi connectivity index (χ2v) is 8.53. The molecular formula is C22H25N3OS. The molecule has 1 amide bonds. The summed E-state index contributed by atoms with van der Waals surface area (Å²) < 4.78 is 0. The van der Waals surface area contributed by atoms with E-state index in [1.807, 2.05) is 6.20 Å². The molecule has 3 aromatic rings. The third kappa shape index (κ3) is 4.73. The van der Waals surface area contributed by atoms with Crippen LogP contribution in [0.25, 0.3) is 10.8 Å². The molecule has 1 aliphatic rings. The molecule has 4 nitrogen and oxygen atoms in total. The fourth-order valence-electron chi connectivity index (χ4n) is 3.86. The Bertz CT molecular complexity index is 928. The van der Waals surface area contributed by atoms with Crippen LogP contribution in [-0.4, -0.2) is 28.9 Å². The van der Waals surface area contributed by atoms with Gasteiger partial charge in [0, 0.05) is 24.5 Å². The Morgan fingerprint density at radius 3 is 2.74 bits per heavy atom. The number of piperidine rings is 1. The summed E-state index contributed by atoms with van der Waals surface area (Å²) in [4.78, 5) is 19.1. The van der Waals surface area contributed by atoms with Crippen LogP contribution in [0.15, 0.2) is 48.7 Å². The summed E-state index contributed by atoms with van der Waals surface area (Å²) in [6.07, 6.45) is 5.54. The van der Waals surface area contributed by atoms with Gasteiger partial charge in [-0.3, -0.25) is 9.69 Å². The van der Waals surface area contributed by atoms with Gasteiger partial charge in [0.25, 0.3) is 0 Å². The fourth-order valence-corrected chi connectivity index (χ4v) is 4.76. The smallest absolute Gasteiger partial charge is 0.223 e. The number of hydrogen-bond acceptors (Lipinski definition) is 4. The van der Waals surface area contributed by atoms with E-state index in [0.29, 0.717) is 5.13 Å². The van der Waals surface area contributed by atoms with E-state index in [4.69, 9.17) is 0 Å². The highest BCUT2D eigenvalue weighted by Crippen LogP contribution is 2.26. The molecular weight excluding hydrogens is 354 g/mol. The number of anilines is 1. The average Bonchev–Trinajstić information content (AvgIpc) is 3.09. The van der Waals surface area contributed by atoms with E-state index in [9.17, 15) is 4.79 Å². The number of benzene rings is 2. The van der Waals surface area contributed by atoms with Crippen LogP contribution < -0.4 is 5.32 Å². The van der Waals surface area contributed by atoms with E-state index in [0.717, 1.165) is 25.6 Å². The van der Waals surface area contributed by atoms with Crippen molar-refractivity contribution in [3.63, 3.8) is 0 Å². The minimum atomic E-state index is -0.0644. The first-order valence-electron chi connectivity index (χ1n) is 9.58. The van der Waals surface area contributed by atoms with E-state index in [-0.39, 0.29) is 5.91 Å². The summed E-state index contributed by atoms with van der Waals surface area (Å²) in [6, 6.07) is 15.5. The zero-order valence-corrected chi connectivity index (χ0v) is 16.5. The number of rotatable bonds is 5. The maximum absolute atomic E-state index is 11.1. The molecule has 0 unspecified atom stereocenters. The van der Waals surface area contributed by atoms with Crippen molar-refractivity contribution in [2.45, 2.75) is 32.7 Å². The molecule has 1 aromatic heterocycles. The molecule has 5 heteroatoms. The monoisotopic (exact) mass is 379 g/mol. The first-order valence-corrected chi connectivity index (χ1v) is 10.4. The molecule has 0 bridgehead atoms. The highest BCUT2D eigenvalue weighted by molar-refractivity contribution is 7.15. The quantitative estimate of drug-likeness (QED) is 0.698. The van der Waals surface area contributed by atoms with Crippen molar-refractivity contribution in [2.75, 3.05) is 18.4 Å². The number of hydrogen-bond donors (Lipinski definition) is 1. The lowest BCUT2D eigenvalue weighted by molar-refractivity contribution is -0.114. The van der Waals surface area contributed by atoms with Gasteiger partial charge in [-0.05, 0) is 54.6 Å². The van der Waals surface area contributed by atoms with Crippen LogP contribution in [0.5, 0.6) is 0 Å². The Hall–Kier alpha value is -2.24. The number of carbonyl (C=O) groups is 1. The largest absolute Gasteiger partial charge is 0.302 e. The summed E-state index contributed by atoms with van der Waals surface area (Å²) in [5.74, 6) is 0.698. The topological polar surface area (TPSA) is 45.2 Å². The van der Waals surface area contributed by atoms with Gasteiger partial charge in [-0.2, -0.15) is 0 Å². The summed E-state index contributed by atoms with van der Waals surface area (Å²) in [5, 5.41) is 6.12. The third-order valence-electron chi connectivity index (χ3n) is 5.26. The molecule has 2 aromatic carbocycles. The minimum absolute atomic E-state index is 0.0644. The van der Waals surface area contributed by atoms with Gasteiger partial charge in [0.1, 0.15) is 0 Å². The van der Waals surface area contributed by atoms with E-state index < -0.39 is 0 Å². The Morgan fingerprint density at radius 2 is 1.96 bits per heavy atom. The van der Waals surface area contributed by atoms with Gasteiger partial charge < -0.3 is 5.32 Å². The lowest BCUT2D eigenvalue weighted by atomic mass is 9.89. The summed E-state index contributed by atoms with van der Waals surface area (Å²) >= 11 is 1.57. The van der Waals surface area contributed by atoms with Crippen molar-refractivity contribution < 1.29 is 4.79 Å². The van der Waals surface area contributed by atoms with E-state index in [2.05, 4.69) is 57.7 Å². The Morgan fingerprint density at radius 1 is 1.19 bits per heavy atom. The van der Waals surface area contributed by atoms with Gasteiger partial charge in [-0.25, -0.2) is 4.98 Å². The highest BCUT2D eigenvalue weighted by atomic mass is 32.1. The maximum atomic E-state index is 11.1. The second-order valence-electron chi connectivity index (χ2n) is 7.42. The number of fused-ring (bicyclic) bond motifs is 1. The molecule has 2 heterocycles. The molecule has 0 aliphatic carbocycles. The van der Waals surface area contributed by atoms with Gasteiger partial charge >= 0.3 is 0 Å². The average molecular weight is 380 g/mol. The standard InChI is InChI=1S/C22H25N3OS/c1-16(26)24-22-23-14-21(27-22)15-25-10-8-17(9-11-25)12-18-6-7-19-4-2-3-5-20(19)13-18/h2-7,13-14,17H,8-12,15H2,1H3,(H,23,24,26). The summed E-state index contributed by atoms with van der Waals surface area (Å²) in [5.41, 5.74) is 1.45. The first-order chi connectivity index (χ1) is 13.2. The number of nitrogens with zero attached hydrogens (tertiary/aromatic N) is 2. The SMILES string of the molecule is CC(=O)Nc1ncc(CN2CCC(Cc3ccc4ccccc4c3)CC2)s1. The normalized spacial score (nSPS) is 15.9. The number of likely N-dealkylation sites (tertiary alicyclic amines) is 1. The van der Waals surface area contributed by atoms with Crippen molar-refractivity contribution in [1.82, 2.24) is 9.88 Å². The van der Waals surface area contributed by atoms with Crippen LogP contribution >= 0.6 is 11.3 Å². The lowest BCUT2D eigenvalue weighted by Gasteiger charge is -2.31.